The van der Waals surface area contributed by atoms with Gasteiger partial charge in [-0.25, -0.2) is 0 Å². The summed E-state index contributed by atoms with van der Waals surface area (Å²) in [6.07, 6.45) is 2.25. The summed E-state index contributed by atoms with van der Waals surface area (Å²) in [5, 5.41) is 9.24. The molecule has 0 bridgehead atoms. The molecule has 0 radical (unpaired) electrons. The highest BCUT2D eigenvalue weighted by Gasteiger charge is 2.18. The van der Waals surface area contributed by atoms with Gasteiger partial charge in [-0.05, 0) is 24.5 Å². The third kappa shape index (κ3) is 3.20. The Bertz CT molecular complexity index is 345. The van der Waals surface area contributed by atoms with Gasteiger partial charge in [0, 0.05) is 19.1 Å². The Morgan fingerprint density at radius 1 is 1.47 bits per heavy atom. The van der Waals surface area contributed by atoms with E-state index >= 15 is 0 Å². The summed E-state index contributed by atoms with van der Waals surface area (Å²) in [5.41, 5.74) is 1.07. The second-order valence-electron chi connectivity index (χ2n) is 4.58. The summed E-state index contributed by atoms with van der Waals surface area (Å²) in [6.45, 7) is 3.65. The Hall–Kier alpha value is -1.06. The van der Waals surface area contributed by atoms with Gasteiger partial charge in [0.1, 0.15) is 11.9 Å². The number of para-hydroxylation sites is 1. The Morgan fingerprint density at radius 3 is 3.00 bits per heavy atom. The molecule has 1 aliphatic rings. The van der Waals surface area contributed by atoms with E-state index in [1.165, 1.54) is 0 Å². The molecule has 0 saturated carbocycles. The minimum absolute atomic E-state index is 0.107. The Kier molecular flexibility index (Phi) is 4.40. The molecule has 1 aromatic carbocycles. The van der Waals surface area contributed by atoms with Crippen LogP contribution in [0.4, 0.5) is 0 Å². The fourth-order valence-electron chi connectivity index (χ4n) is 2.08. The van der Waals surface area contributed by atoms with Crippen molar-refractivity contribution in [1.29, 1.82) is 0 Å². The Balaban J connectivity index is 2.08. The largest absolute Gasteiger partial charge is 0.488 e. The summed E-state index contributed by atoms with van der Waals surface area (Å²) in [6, 6.07) is 7.92. The molecule has 2 rings (SSSR count). The smallest absolute Gasteiger partial charge is 0.123 e. The van der Waals surface area contributed by atoms with Crippen molar-refractivity contribution in [2.45, 2.75) is 31.8 Å². The SMILES string of the molecule is CC(CO)c1ccccc1OC1CCCOC1. The first-order valence-corrected chi connectivity index (χ1v) is 6.25. The summed E-state index contributed by atoms with van der Waals surface area (Å²) in [7, 11) is 0. The van der Waals surface area contributed by atoms with Crippen molar-refractivity contribution in [2.24, 2.45) is 0 Å². The lowest BCUT2D eigenvalue weighted by Gasteiger charge is -2.25. The fraction of sp³-hybridized carbons (Fsp3) is 0.571. The minimum atomic E-state index is 0.107. The number of benzene rings is 1. The standard InChI is InChI=1S/C14H20O3/c1-11(9-15)13-6-2-3-7-14(13)17-12-5-4-8-16-10-12/h2-3,6-7,11-12,15H,4-5,8-10H2,1H3. The zero-order valence-corrected chi connectivity index (χ0v) is 10.3. The van der Waals surface area contributed by atoms with Crippen molar-refractivity contribution in [1.82, 2.24) is 0 Å². The number of hydrogen-bond acceptors (Lipinski definition) is 3. The molecule has 1 saturated heterocycles. The Morgan fingerprint density at radius 2 is 2.29 bits per heavy atom. The average molecular weight is 236 g/mol. The third-order valence-electron chi connectivity index (χ3n) is 3.14. The van der Waals surface area contributed by atoms with Gasteiger partial charge in [0.25, 0.3) is 0 Å². The highest BCUT2D eigenvalue weighted by Crippen LogP contribution is 2.28. The maximum Gasteiger partial charge on any atom is 0.123 e. The quantitative estimate of drug-likeness (QED) is 0.872. The van der Waals surface area contributed by atoms with Gasteiger partial charge in [0.2, 0.25) is 0 Å². The van der Waals surface area contributed by atoms with Crippen LogP contribution in [0.1, 0.15) is 31.2 Å². The van der Waals surface area contributed by atoms with Crippen LogP contribution in [0.3, 0.4) is 0 Å². The van der Waals surface area contributed by atoms with Crippen molar-refractivity contribution < 1.29 is 14.6 Å². The van der Waals surface area contributed by atoms with Crippen LogP contribution < -0.4 is 4.74 Å². The predicted octanol–water partition coefficient (Wildman–Crippen LogP) is 2.34. The fourth-order valence-corrected chi connectivity index (χ4v) is 2.08. The molecule has 3 heteroatoms. The average Bonchev–Trinajstić information content (AvgIpc) is 2.40. The molecule has 2 unspecified atom stereocenters. The number of aliphatic hydroxyl groups excluding tert-OH is 1. The van der Waals surface area contributed by atoms with Gasteiger partial charge in [-0.2, -0.15) is 0 Å². The number of rotatable bonds is 4. The first kappa shape index (κ1) is 12.4. The first-order valence-electron chi connectivity index (χ1n) is 6.25. The molecule has 0 aliphatic carbocycles. The lowest BCUT2D eigenvalue weighted by molar-refractivity contribution is 0.00682. The lowest BCUT2D eigenvalue weighted by Crippen LogP contribution is -2.28. The topological polar surface area (TPSA) is 38.7 Å². The molecule has 2 atom stereocenters. The van der Waals surface area contributed by atoms with Crippen molar-refractivity contribution in [3.8, 4) is 5.75 Å². The lowest BCUT2D eigenvalue weighted by atomic mass is 10.0. The number of aliphatic hydroxyl groups is 1. The Labute approximate surface area is 102 Å². The number of hydrogen-bond donors (Lipinski definition) is 1. The molecule has 1 fully saturated rings. The van der Waals surface area contributed by atoms with Gasteiger partial charge < -0.3 is 14.6 Å². The molecule has 17 heavy (non-hydrogen) atoms. The van der Waals surface area contributed by atoms with Gasteiger partial charge in [-0.1, -0.05) is 25.1 Å². The molecule has 1 aliphatic heterocycles. The third-order valence-corrected chi connectivity index (χ3v) is 3.14. The molecule has 1 heterocycles. The molecule has 1 N–H and O–H groups in total. The van der Waals surface area contributed by atoms with Gasteiger partial charge in [-0.3, -0.25) is 0 Å². The van der Waals surface area contributed by atoms with Crippen molar-refractivity contribution in [3.05, 3.63) is 29.8 Å². The van der Waals surface area contributed by atoms with Crippen LogP contribution in [-0.2, 0) is 4.74 Å². The van der Waals surface area contributed by atoms with Crippen LogP contribution in [0.25, 0.3) is 0 Å². The van der Waals surface area contributed by atoms with Crippen LogP contribution in [0, 0.1) is 0 Å². The van der Waals surface area contributed by atoms with Gasteiger partial charge in [0.15, 0.2) is 0 Å². The molecule has 0 amide bonds. The van der Waals surface area contributed by atoms with Crippen LogP contribution in [0.15, 0.2) is 24.3 Å². The summed E-state index contributed by atoms with van der Waals surface area (Å²) < 4.78 is 11.4. The van der Waals surface area contributed by atoms with Crippen molar-refractivity contribution in [2.75, 3.05) is 19.8 Å². The van der Waals surface area contributed by atoms with Crippen molar-refractivity contribution >= 4 is 0 Å². The van der Waals surface area contributed by atoms with Crippen LogP contribution in [0.2, 0.25) is 0 Å². The molecular formula is C14H20O3. The zero-order valence-electron chi connectivity index (χ0n) is 10.3. The van der Waals surface area contributed by atoms with Gasteiger partial charge >= 0.3 is 0 Å². The maximum absolute atomic E-state index is 9.24. The van der Waals surface area contributed by atoms with Crippen LogP contribution in [0.5, 0.6) is 5.75 Å². The van der Waals surface area contributed by atoms with Crippen molar-refractivity contribution in [3.63, 3.8) is 0 Å². The monoisotopic (exact) mass is 236 g/mol. The molecule has 0 aromatic heterocycles. The second kappa shape index (κ2) is 6.03. The van der Waals surface area contributed by atoms with E-state index in [1.54, 1.807) is 0 Å². The first-order chi connectivity index (χ1) is 8.31. The predicted molar refractivity (Wildman–Crippen MR) is 66.4 cm³/mol. The van der Waals surface area contributed by atoms with E-state index in [4.69, 9.17) is 9.47 Å². The van der Waals surface area contributed by atoms with E-state index in [0.29, 0.717) is 6.61 Å². The highest BCUT2D eigenvalue weighted by atomic mass is 16.5. The van der Waals surface area contributed by atoms with E-state index in [1.807, 2.05) is 31.2 Å². The maximum atomic E-state index is 9.24. The van der Waals surface area contributed by atoms with E-state index in [2.05, 4.69) is 0 Å². The second-order valence-corrected chi connectivity index (χ2v) is 4.58. The minimum Gasteiger partial charge on any atom is -0.488 e. The van der Waals surface area contributed by atoms with Gasteiger partial charge in [-0.15, -0.1) is 0 Å². The van der Waals surface area contributed by atoms with E-state index in [0.717, 1.165) is 30.8 Å². The van der Waals surface area contributed by atoms with Crippen LogP contribution >= 0.6 is 0 Å². The van der Waals surface area contributed by atoms with E-state index in [9.17, 15) is 5.11 Å². The molecule has 3 nitrogen and oxygen atoms in total. The summed E-state index contributed by atoms with van der Waals surface area (Å²) in [5.74, 6) is 0.986. The molecule has 1 aromatic rings. The zero-order chi connectivity index (χ0) is 12.1. The van der Waals surface area contributed by atoms with E-state index in [-0.39, 0.29) is 18.6 Å². The molecule has 0 spiro atoms. The summed E-state index contributed by atoms with van der Waals surface area (Å²) in [4.78, 5) is 0. The van der Waals surface area contributed by atoms with E-state index < -0.39 is 0 Å². The number of ether oxygens (including phenoxy) is 2. The molecular weight excluding hydrogens is 216 g/mol. The molecule has 94 valence electrons. The summed E-state index contributed by atoms with van der Waals surface area (Å²) >= 11 is 0. The normalized spacial score (nSPS) is 22.1. The highest BCUT2D eigenvalue weighted by molar-refractivity contribution is 5.36. The van der Waals surface area contributed by atoms with Crippen LogP contribution in [-0.4, -0.2) is 31.0 Å². The van der Waals surface area contributed by atoms with Gasteiger partial charge in [0.05, 0.1) is 6.61 Å².